The first-order chi connectivity index (χ1) is 8.24. The minimum Gasteiger partial charge on any atom is -0.503 e. The van der Waals surface area contributed by atoms with Gasteiger partial charge >= 0.3 is 6.36 Å². The van der Waals surface area contributed by atoms with Crippen molar-refractivity contribution >= 4 is 0 Å². The Morgan fingerprint density at radius 3 is 2.50 bits per heavy atom. The minimum atomic E-state index is -5.17. The molecule has 9 heteroatoms. The van der Waals surface area contributed by atoms with Gasteiger partial charge in [0.25, 0.3) is 12.3 Å². The number of nitriles is 1. The molecule has 0 bridgehead atoms. The van der Waals surface area contributed by atoms with E-state index in [2.05, 4.69) is 9.72 Å². The number of alkyl halides is 5. The normalized spacial score (nSPS) is 11.4. The number of halogens is 5. The topological polar surface area (TPSA) is 66.1 Å². The zero-order chi connectivity index (χ0) is 13.9. The molecule has 0 aliphatic carbocycles. The Bertz CT molecular complexity index is 481. The Kier molecular flexibility index (Phi) is 3.90. The summed E-state index contributed by atoms with van der Waals surface area (Å²) in [6.07, 6.45) is -8.88. The van der Waals surface area contributed by atoms with Gasteiger partial charge in [0, 0.05) is 0 Å². The SMILES string of the molecule is N#CCc1cc(O)c(OC(F)(F)F)nc1C(F)F. The first-order valence-electron chi connectivity index (χ1n) is 4.38. The number of pyridine rings is 1. The zero-order valence-electron chi connectivity index (χ0n) is 8.50. The summed E-state index contributed by atoms with van der Waals surface area (Å²) in [5.74, 6) is -2.44. The Morgan fingerprint density at radius 2 is 2.06 bits per heavy atom. The van der Waals surface area contributed by atoms with Gasteiger partial charge in [-0.25, -0.2) is 13.8 Å². The summed E-state index contributed by atoms with van der Waals surface area (Å²) in [4.78, 5) is 2.88. The maximum Gasteiger partial charge on any atom is 0.574 e. The second kappa shape index (κ2) is 5.03. The average Bonchev–Trinajstić information content (AvgIpc) is 2.20. The number of aromatic hydroxyl groups is 1. The van der Waals surface area contributed by atoms with Crippen LogP contribution in [0.25, 0.3) is 0 Å². The first-order valence-corrected chi connectivity index (χ1v) is 4.38. The monoisotopic (exact) mass is 268 g/mol. The highest BCUT2D eigenvalue weighted by molar-refractivity contribution is 5.40. The fourth-order valence-electron chi connectivity index (χ4n) is 1.14. The van der Waals surface area contributed by atoms with Crippen LogP contribution in [-0.4, -0.2) is 16.5 Å². The quantitative estimate of drug-likeness (QED) is 0.856. The van der Waals surface area contributed by atoms with Crippen molar-refractivity contribution in [2.24, 2.45) is 0 Å². The van der Waals surface area contributed by atoms with Crippen LogP contribution in [0.4, 0.5) is 22.0 Å². The van der Waals surface area contributed by atoms with Crippen LogP contribution in [0.2, 0.25) is 0 Å². The van der Waals surface area contributed by atoms with E-state index in [-0.39, 0.29) is 5.56 Å². The van der Waals surface area contributed by atoms with Gasteiger partial charge in [-0.15, -0.1) is 13.2 Å². The van der Waals surface area contributed by atoms with Crippen molar-refractivity contribution in [2.75, 3.05) is 0 Å². The van der Waals surface area contributed by atoms with Crippen molar-refractivity contribution in [1.82, 2.24) is 4.98 Å². The summed E-state index contributed by atoms with van der Waals surface area (Å²) >= 11 is 0. The summed E-state index contributed by atoms with van der Waals surface area (Å²) in [7, 11) is 0. The largest absolute Gasteiger partial charge is 0.574 e. The van der Waals surface area contributed by atoms with Gasteiger partial charge in [-0.1, -0.05) is 0 Å². The van der Waals surface area contributed by atoms with E-state index in [1.54, 1.807) is 0 Å². The molecule has 98 valence electrons. The van der Waals surface area contributed by atoms with Gasteiger partial charge in [-0.3, -0.25) is 0 Å². The standard InChI is InChI=1S/C9H5F5N2O2/c10-7(11)6-4(1-2-15)3-5(17)8(16-6)18-9(12,13)14/h3,7,17H,1H2. The van der Waals surface area contributed by atoms with E-state index in [0.29, 0.717) is 6.07 Å². The van der Waals surface area contributed by atoms with Crippen LogP contribution in [0.1, 0.15) is 17.7 Å². The first kappa shape index (κ1) is 14.0. The number of rotatable bonds is 3. The summed E-state index contributed by atoms with van der Waals surface area (Å²) in [6.45, 7) is 0. The molecule has 1 heterocycles. The number of ether oxygens (including phenoxy) is 1. The molecular formula is C9H5F5N2O2. The maximum absolute atomic E-state index is 12.5. The summed E-state index contributed by atoms with van der Waals surface area (Å²) in [5, 5.41) is 17.5. The van der Waals surface area contributed by atoms with Crippen LogP contribution in [0.5, 0.6) is 11.6 Å². The van der Waals surface area contributed by atoms with Crippen LogP contribution in [0.15, 0.2) is 6.07 Å². The van der Waals surface area contributed by atoms with E-state index >= 15 is 0 Å². The van der Waals surface area contributed by atoms with Gasteiger partial charge in [0.1, 0.15) is 5.69 Å². The van der Waals surface area contributed by atoms with Gasteiger partial charge in [0.2, 0.25) is 0 Å². The lowest BCUT2D eigenvalue weighted by atomic mass is 10.1. The van der Waals surface area contributed by atoms with E-state index in [1.807, 2.05) is 0 Å². The molecule has 0 amide bonds. The van der Waals surface area contributed by atoms with Crippen LogP contribution >= 0.6 is 0 Å². The van der Waals surface area contributed by atoms with Gasteiger partial charge in [-0.2, -0.15) is 5.26 Å². The third-order valence-corrected chi connectivity index (χ3v) is 1.77. The van der Waals surface area contributed by atoms with E-state index < -0.39 is 36.5 Å². The van der Waals surface area contributed by atoms with E-state index in [0.717, 1.165) is 0 Å². The number of nitrogens with zero attached hydrogens (tertiary/aromatic N) is 2. The molecule has 0 spiro atoms. The molecule has 0 atom stereocenters. The number of hydrogen-bond donors (Lipinski definition) is 1. The minimum absolute atomic E-state index is 0.362. The number of aromatic nitrogens is 1. The van der Waals surface area contributed by atoms with Crippen LogP contribution in [0.3, 0.4) is 0 Å². The molecule has 0 aromatic carbocycles. The van der Waals surface area contributed by atoms with Crippen LogP contribution in [0, 0.1) is 11.3 Å². The Hall–Kier alpha value is -2.11. The highest BCUT2D eigenvalue weighted by Gasteiger charge is 2.34. The molecule has 1 N–H and O–H groups in total. The van der Waals surface area contributed by atoms with Gasteiger partial charge in [0.05, 0.1) is 12.5 Å². The van der Waals surface area contributed by atoms with Crippen LogP contribution < -0.4 is 4.74 Å². The van der Waals surface area contributed by atoms with E-state index in [9.17, 15) is 22.0 Å². The van der Waals surface area contributed by atoms with E-state index in [4.69, 9.17) is 10.4 Å². The predicted octanol–water partition coefficient (Wildman–Crippen LogP) is 2.69. The maximum atomic E-state index is 12.5. The second-order valence-electron chi connectivity index (χ2n) is 3.04. The van der Waals surface area contributed by atoms with Gasteiger partial charge < -0.3 is 9.84 Å². The van der Waals surface area contributed by atoms with Crippen molar-refractivity contribution in [2.45, 2.75) is 19.2 Å². The molecule has 4 nitrogen and oxygen atoms in total. The Labute approximate surface area is 97.2 Å². The Balaban J connectivity index is 3.24. The highest BCUT2D eigenvalue weighted by atomic mass is 19.4. The molecular weight excluding hydrogens is 263 g/mol. The lowest BCUT2D eigenvalue weighted by Gasteiger charge is -2.12. The fraction of sp³-hybridized carbons (Fsp3) is 0.333. The predicted molar refractivity (Wildman–Crippen MR) is 46.9 cm³/mol. The molecule has 0 aliphatic heterocycles. The lowest BCUT2D eigenvalue weighted by molar-refractivity contribution is -0.276. The van der Waals surface area contributed by atoms with Crippen molar-refractivity contribution < 1.29 is 31.8 Å². The molecule has 0 saturated carbocycles. The Morgan fingerprint density at radius 1 is 1.44 bits per heavy atom. The van der Waals surface area contributed by atoms with Crippen molar-refractivity contribution in [3.8, 4) is 17.7 Å². The molecule has 0 saturated heterocycles. The second-order valence-corrected chi connectivity index (χ2v) is 3.04. The average molecular weight is 268 g/mol. The van der Waals surface area contributed by atoms with Crippen molar-refractivity contribution in [3.05, 3.63) is 17.3 Å². The highest BCUT2D eigenvalue weighted by Crippen LogP contribution is 2.34. The molecule has 0 fully saturated rings. The molecule has 0 unspecified atom stereocenters. The molecule has 18 heavy (non-hydrogen) atoms. The fourth-order valence-corrected chi connectivity index (χ4v) is 1.14. The van der Waals surface area contributed by atoms with Crippen LogP contribution in [-0.2, 0) is 6.42 Å². The molecule has 1 rings (SSSR count). The van der Waals surface area contributed by atoms with E-state index in [1.165, 1.54) is 6.07 Å². The third kappa shape index (κ3) is 3.44. The van der Waals surface area contributed by atoms with Gasteiger partial charge in [0.15, 0.2) is 5.75 Å². The van der Waals surface area contributed by atoms with Crippen molar-refractivity contribution in [3.63, 3.8) is 0 Å². The molecule has 0 aliphatic rings. The molecule has 1 aromatic rings. The summed E-state index contributed by atoms with van der Waals surface area (Å²) in [5.41, 5.74) is -1.40. The number of hydrogen-bond acceptors (Lipinski definition) is 4. The van der Waals surface area contributed by atoms with Gasteiger partial charge in [-0.05, 0) is 11.6 Å². The smallest absolute Gasteiger partial charge is 0.503 e. The summed E-state index contributed by atoms with van der Waals surface area (Å²) in [6, 6.07) is 2.12. The summed E-state index contributed by atoms with van der Waals surface area (Å²) < 4.78 is 64.0. The molecule has 0 radical (unpaired) electrons. The molecule has 1 aromatic heterocycles. The van der Waals surface area contributed by atoms with Crippen molar-refractivity contribution in [1.29, 1.82) is 5.26 Å². The zero-order valence-corrected chi connectivity index (χ0v) is 8.50. The lowest BCUT2D eigenvalue weighted by Crippen LogP contribution is -2.18. The third-order valence-electron chi connectivity index (χ3n) is 1.77.